The van der Waals surface area contributed by atoms with Crippen molar-refractivity contribution in [2.75, 3.05) is 0 Å². The number of rotatable bonds is 5. The number of pyridine rings is 1. The molecule has 0 radical (unpaired) electrons. The van der Waals surface area contributed by atoms with E-state index in [1.54, 1.807) is 24.7 Å². The second kappa shape index (κ2) is 8.06. The van der Waals surface area contributed by atoms with Crippen molar-refractivity contribution in [3.63, 3.8) is 0 Å². The molecule has 172 valence electrons. The number of fused-ring (bicyclic) bond motifs is 3. The summed E-state index contributed by atoms with van der Waals surface area (Å²) in [5.41, 5.74) is 6.97. The topological polar surface area (TPSA) is 66.0 Å². The summed E-state index contributed by atoms with van der Waals surface area (Å²) in [6.07, 6.45) is 6.66. The maximum absolute atomic E-state index is 6.16. The SMILES string of the molecule is c1ccc(C2(c3cccc(Oc4cc(-n5nccn5)co4)c3)c3ccccc3-c3ccccc32)nc1. The van der Waals surface area contributed by atoms with E-state index in [4.69, 9.17) is 14.1 Å². The summed E-state index contributed by atoms with van der Waals surface area (Å²) >= 11 is 0. The van der Waals surface area contributed by atoms with Gasteiger partial charge >= 0.3 is 0 Å². The van der Waals surface area contributed by atoms with Gasteiger partial charge in [-0.1, -0.05) is 66.7 Å². The Morgan fingerprint density at radius 1 is 0.694 bits per heavy atom. The largest absolute Gasteiger partial charge is 0.432 e. The lowest BCUT2D eigenvalue weighted by atomic mass is 9.70. The molecule has 0 aliphatic heterocycles. The Morgan fingerprint density at radius 3 is 2.14 bits per heavy atom. The molecule has 0 spiro atoms. The monoisotopic (exact) mass is 468 g/mol. The molecule has 1 aliphatic rings. The molecule has 3 heterocycles. The smallest absolute Gasteiger partial charge is 0.292 e. The highest BCUT2D eigenvalue weighted by atomic mass is 16.6. The van der Waals surface area contributed by atoms with Gasteiger partial charge < -0.3 is 9.15 Å². The molecule has 0 amide bonds. The van der Waals surface area contributed by atoms with Crippen LogP contribution in [0.5, 0.6) is 11.7 Å². The van der Waals surface area contributed by atoms with Crippen LogP contribution in [0.25, 0.3) is 16.8 Å². The Kier molecular flexibility index (Phi) is 4.57. The molecular weight excluding hydrogens is 448 g/mol. The molecule has 7 rings (SSSR count). The summed E-state index contributed by atoms with van der Waals surface area (Å²) in [6.45, 7) is 0. The summed E-state index contributed by atoms with van der Waals surface area (Å²) in [5.74, 6) is 1.03. The first kappa shape index (κ1) is 20.4. The first-order valence-corrected chi connectivity index (χ1v) is 11.7. The Balaban J connectivity index is 1.39. The van der Waals surface area contributed by atoms with Crippen LogP contribution in [0.3, 0.4) is 0 Å². The number of aromatic nitrogens is 4. The minimum absolute atomic E-state index is 0.360. The predicted octanol–water partition coefficient (Wildman–Crippen LogP) is 6.41. The highest BCUT2D eigenvalue weighted by Crippen LogP contribution is 2.55. The molecule has 6 nitrogen and oxygen atoms in total. The van der Waals surface area contributed by atoms with Crippen molar-refractivity contribution in [3.8, 4) is 28.5 Å². The third-order valence-corrected chi connectivity index (χ3v) is 6.70. The molecule has 0 fully saturated rings. The Hall–Kier alpha value is -4.97. The fourth-order valence-corrected chi connectivity index (χ4v) is 5.28. The number of ether oxygens (including phenoxy) is 1. The third-order valence-electron chi connectivity index (χ3n) is 6.70. The van der Waals surface area contributed by atoms with Gasteiger partial charge in [-0.2, -0.15) is 10.2 Å². The lowest BCUT2D eigenvalue weighted by Gasteiger charge is -2.32. The number of hydrogen-bond donors (Lipinski definition) is 0. The van der Waals surface area contributed by atoms with Crippen LogP contribution in [-0.2, 0) is 5.41 Å². The van der Waals surface area contributed by atoms with Crippen molar-refractivity contribution in [1.29, 1.82) is 0 Å². The zero-order valence-corrected chi connectivity index (χ0v) is 19.2. The molecule has 0 saturated heterocycles. The van der Waals surface area contributed by atoms with E-state index in [9.17, 15) is 0 Å². The second-order valence-electron chi connectivity index (χ2n) is 8.63. The molecule has 0 N–H and O–H groups in total. The summed E-state index contributed by atoms with van der Waals surface area (Å²) in [5, 5.41) is 8.28. The number of nitrogens with zero attached hydrogens (tertiary/aromatic N) is 4. The van der Waals surface area contributed by atoms with Gasteiger partial charge in [-0.25, -0.2) is 0 Å². The minimum Gasteiger partial charge on any atom is -0.432 e. The zero-order valence-electron chi connectivity index (χ0n) is 19.2. The molecule has 6 aromatic rings. The van der Waals surface area contributed by atoms with Gasteiger partial charge in [0.1, 0.15) is 17.7 Å². The van der Waals surface area contributed by atoms with Crippen molar-refractivity contribution in [1.82, 2.24) is 20.0 Å². The van der Waals surface area contributed by atoms with Crippen molar-refractivity contribution in [2.24, 2.45) is 0 Å². The maximum Gasteiger partial charge on any atom is 0.292 e. The van der Waals surface area contributed by atoms with Crippen molar-refractivity contribution in [2.45, 2.75) is 5.41 Å². The van der Waals surface area contributed by atoms with Crippen molar-refractivity contribution >= 4 is 0 Å². The van der Waals surface area contributed by atoms with Gasteiger partial charge in [-0.3, -0.25) is 4.98 Å². The van der Waals surface area contributed by atoms with Crippen LogP contribution in [-0.4, -0.2) is 20.0 Å². The van der Waals surface area contributed by atoms with E-state index >= 15 is 0 Å². The third kappa shape index (κ3) is 3.01. The quantitative estimate of drug-likeness (QED) is 0.292. The average Bonchev–Trinajstić information content (AvgIpc) is 3.68. The lowest BCUT2D eigenvalue weighted by Crippen LogP contribution is -2.29. The molecule has 0 atom stereocenters. The Labute approximate surface area is 207 Å². The minimum atomic E-state index is -0.582. The summed E-state index contributed by atoms with van der Waals surface area (Å²) in [4.78, 5) is 6.36. The van der Waals surface area contributed by atoms with Crippen LogP contribution in [0.4, 0.5) is 0 Å². The predicted molar refractivity (Wildman–Crippen MR) is 135 cm³/mol. The Morgan fingerprint density at radius 2 is 1.42 bits per heavy atom. The molecule has 1 aliphatic carbocycles. The molecule has 36 heavy (non-hydrogen) atoms. The molecule has 0 bridgehead atoms. The van der Waals surface area contributed by atoms with Gasteiger partial charge in [0.15, 0.2) is 0 Å². The second-order valence-corrected chi connectivity index (χ2v) is 8.63. The van der Waals surface area contributed by atoms with Crippen molar-refractivity contribution in [3.05, 3.63) is 144 Å². The zero-order chi connectivity index (χ0) is 24.0. The molecule has 6 heteroatoms. The lowest BCUT2D eigenvalue weighted by molar-refractivity contribution is 0.346. The molecule has 3 aromatic carbocycles. The van der Waals surface area contributed by atoms with Gasteiger partial charge in [0.2, 0.25) is 0 Å². The van der Waals surface area contributed by atoms with Crippen molar-refractivity contribution < 1.29 is 9.15 Å². The Bertz CT molecular complexity index is 1630. The van der Waals surface area contributed by atoms with Gasteiger partial charge in [0.25, 0.3) is 5.95 Å². The van der Waals surface area contributed by atoms with Gasteiger partial charge in [-0.05, 0) is 52.1 Å². The number of hydrogen-bond acceptors (Lipinski definition) is 5. The number of benzene rings is 3. The van der Waals surface area contributed by atoms with Gasteiger partial charge in [0.05, 0.1) is 29.6 Å². The molecule has 3 aromatic heterocycles. The normalized spacial score (nSPS) is 13.2. The van der Waals surface area contributed by atoms with E-state index in [0.29, 0.717) is 17.4 Å². The van der Waals surface area contributed by atoms with E-state index < -0.39 is 5.41 Å². The van der Waals surface area contributed by atoms with Crippen LogP contribution < -0.4 is 4.74 Å². The summed E-state index contributed by atoms with van der Waals surface area (Å²) in [7, 11) is 0. The van der Waals surface area contributed by atoms with E-state index in [0.717, 1.165) is 11.3 Å². The van der Waals surface area contributed by atoms with Crippen LogP contribution in [0.15, 0.2) is 126 Å². The molecule has 0 saturated carbocycles. The average molecular weight is 469 g/mol. The van der Waals surface area contributed by atoms with Gasteiger partial charge in [0, 0.05) is 6.20 Å². The molecule has 0 unspecified atom stereocenters. The van der Waals surface area contributed by atoms with Crippen LogP contribution in [0, 0.1) is 0 Å². The van der Waals surface area contributed by atoms with Crippen LogP contribution >= 0.6 is 0 Å². The fraction of sp³-hybridized carbons (Fsp3) is 0.0333. The van der Waals surface area contributed by atoms with E-state index in [1.165, 1.54) is 27.1 Å². The first-order chi connectivity index (χ1) is 17.8. The highest BCUT2D eigenvalue weighted by molar-refractivity contribution is 5.85. The van der Waals surface area contributed by atoms with E-state index in [-0.39, 0.29) is 0 Å². The van der Waals surface area contributed by atoms with Gasteiger partial charge in [-0.15, -0.1) is 4.80 Å². The van der Waals surface area contributed by atoms with Crippen LogP contribution in [0.2, 0.25) is 0 Å². The maximum atomic E-state index is 6.16. The van der Waals surface area contributed by atoms with Crippen LogP contribution in [0.1, 0.15) is 22.4 Å². The van der Waals surface area contributed by atoms with E-state index in [2.05, 4.69) is 76.9 Å². The summed E-state index contributed by atoms with van der Waals surface area (Å²) < 4.78 is 11.8. The molecular formula is C30H20N4O2. The summed E-state index contributed by atoms with van der Waals surface area (Å²) in [6, 6.07) is 33.2. The number of furan rings is 1. The fourth-order valence-electron chi connectivity index (χ4n) is 5.28. The standard InChI is InChI=1S/C30H20N4O2/c1-3-12-26-24(10-1)25-11-2-4-13-27(25)30(26,28-14-5-6-15-31-28)21-8-7-9-23(18-21)36-29-19-22(20-35-29)34-32-16-17-33-34/h1-20H. The van der Waals surface area contributed by atoms with E-state index in [1.807, 2.05) is 30.5 Å². The highest BCUT2D eigenvalue weighted by Gasteiger charge is 2.47. The first-order valence-electron chi connectivity index (χ1n) is 11.7.